The molecule has 1 aromatic rings. The molecule has 1 aliphatic rings. The van der Waals surface area contributed by atoms with E-state index in [0.717, 1.165) is 31.5 Å². The van der Waals surface area contributed by atoms with Gasteiger partial charge in [0.05, 0.1) is 6.54 Å². The van der Waals surface area contributed by atoms with Crippen LogP contribution < -0.4 is 10.6 Å². The van der Waals surface area contributed by atoms with Crippen molar-refractivity contribution < 1.29 is 0 Å². The number of hydrogen-bond acceptors (Lipinski definition) is 3. The van der Waals surface area contributed by atoms with Crippen molar-refractivity contribution in [1.82, 2.24) is 15.5 Å². The zero-order chi connectivity index (χ0) is 14.9. The maximum absolute atomic E-state index is 4.65. The second kappa shape index (κ2) is 11.2. The monoisotopic (exact) mass is 436 g/mol. The first-order valence-electron chi connectivity index (χ1n) is 8.01. The summed E-state index contributed by atoms with van der Waals surface area (Å²) in [6, 6.07) is 4.21. The SMILES string of the molecule is CCNC(=NCc1cccs1)NCCC1CCN(C)CC1.I. The Kier molecular flexibility index (Phi) is 10.1. The summed E-state index contributed by atoms with van der Waals surface area (Å²) in [7, 11) is 2.22. The van der Waals surface area contributed by atoms with Crippen molar-refractivity contribution in [2.24, 2.45) is 10.9 Å². The van der Waals surface area contributed by atoms with Gasteiger partial charge < -0.3 is 15.5 Å². The number of guanidine groups is 1. The van der Waals surface area contributed by atoms with E-state index < -0.39 is 0 Å². The summed E-state index contributed by atoms with van der Waals surface area (Å²) in [5, 5.41) is 8.90. The van der Waals surface area contributed by atoms with Gasteiger partial charge in [-0.3, -0.25) is 0 Å². The highest BCUT2D eigenvalue weighted by atomic mass is 127. The van der Waals surface area contributed by atoms with E-state index in [4.69, 9.17) is 0 Å². The fourth-order valence-electron chi connectivity index (χ4n) is 2.65. The van der Waals surface area contributed by atoms with Crippen molar-refractivity contribution in [3.8, 4) is 0 Å². The van der Waals surface area contributed by atoms with Crippen molar-refractivity contribution in [1.29, 1.82) is 0 Å². The average molecular weight is 436 g/mol. The Morgan fingerprint density at radius 2 is 2.14 bits per heavy atom. The van der Waals surface area contributed by atoms with Crippen molar-refractivity contribution >= 4 is 41.3 Å². The molecule has 0 saturated carbocycles. The summed E-state index contributed by atoms with van der Waals surface area (Å²) >= 11 is 1.76. The number of rotatable bonds is 6. The van der Waals surface area contributed by atoms with Gasteiger partial charge in [0.25, 0.3) is 0 Å². The predicted octanol–water partition coefficient (Wildman–Crippen LogP) is 3.15. The third-order valence-electron chi connectivity index (χ3n) is 4.00. The van der Waals surface area contributed by atoms with Gasteiger partial charge in [0.2, 0.25) is 0 Å². The smallest absolute Gasteiger partial charge is 0.191 e. The summed E-state index contributed by atoms with van der Waals surface area (Å²) in [4.78, 5) is 8.38. The molecule has 2 heterocycles. The van der Waals surface area contributed by atoms with Crippen LogP contribution in [0.4, 0.5) is 0 Å². The van der Waals surface area contributed by atoms with Gasteiger partial charge in [-0.2, -0.15) is 0 Å². The molecule has 0 atom stereocenters. The molecule has 0 aromatic carbocycles. The molecule has 0 radical (unpaired) electrons. The van der Waals surface area contributed by atoms with Crippen LogP contribution in [0.25, 0.3) is 0 Å². The van der Waals surface area contributed by atoms with E-state index in [9.17, 15) is 0 Å². The van der Waals surface area contributed by atoms with Crippen molar-refractivity contribution in [3.05, 3.63) is 22.4 Å². The largest absolute Gasteiger partial charge is 0.357 e. The van der Waals surface area contributed by atoms with E-state index in [1.54, 1.807) is 11.3 Å². The molecular weight excluding hydrogens is 407 g/mol. The van der Waals surface area contributed by atoms with Gasteiger partial charge in [0.15, 0.2) is 5.96 Å². The number of halogens is 1. The Morgan fingerprint density at radius 3 is 2.77 bits per heavy atom. The molecule has 0 unspecified atom stereocenters. The summed E-state index contributed by atoms with van der Waals surface area (Å²) in [5.41, 5.74) is 0. The first-order chi connectivity index (χ1) is 10.3. The van der Waals surface area contributed by atoms with Gasteiger partial charge in [-0.1, -0.05) is 6.07 Å². The molecule has 1 aliphatic heterocycles. The zero-order valence-corrected chi connectivity index (χ0v) is 16.8. The molecule has 0 aliphatic carbocycles. The van der Waals surface area contributed by atoms with Crippen molar-refractivity contribution in [2.75, 3.05) is 33.2 Å². The van der Waals surface area contributed by atoms with Crippen LogP contribution in [-0.4, -0.2) is 44.1 Å². The molecule has 2 rings (SSSR count). The van der Waals surface area contributed by atoms with Crippen molar-refractivity contribution in [2.45, 2.75) is 32.7 Å². The number of piperidine rings is 1. The van der Waals surface area contributed by atoms with E-state index in [1.165, 1.54) is 37.2 Å². The predicted molar refractivity (Wildman–Crippen MR) is 107 cm³/mol. The minimum absolute atomic E-state index is 0. The lowest BCUT2D eigenvalue weighted by molar-refractivity contribution is 0.213. The lowest BCUT2D eigenvalue weighted by atomic mass is 9.94. The van der Waals surface area contributed by atoms with Gasteiger partial charge in [-0.15, -0.1) is 35.3 Å². The van der Waals surface area contributed by atoms with E-state index >= 15 is 0 Å². The molecule has 0 spiro atoms. The summed E-state index contributed by atoms with van der Waals surface area (Å²) in [5.74, 6) is 1.81. The minimum Gasteiger partial charge on any atom is -0.357 e. The molecule has 0 amide bonds. The fraction of sp³-hybridized carbons (Fsp3) is 0.688. The Balaban J connectivity index is 0.00000242. The van der Waals surface area contributed by atoms with Gasteiger partial charge in [0, 0.05) is 18.0 Å². The molecule has 1 aromatic heterocycles. The number of nitrogens with zero attached hydrogens (tertiary/aromatic N) is 2. The van der Waals surface area contributed by atoms with Crippen LogP contribution in [0, 0.1) is 5.92 Å². The Labute approximate surface area is 155 Å². The summed E-state index contributed by atoms with van der Waals surface area (Å²) in [6.45, 7) is 7.30. The molecule has 22 heavy (non-hydrogen) atoms. The summed E-state index contributed by atoms with van der Waals surface area (Å²) in [6.07, 6.45) is 3.92. The van der Waals surface area contributed by atoms with Crippen LogP contribution in [0.1, 0.15) is 31.1 Å². The standard InChI is InChI=1S/C16H28N4S.HI/c1-3-17-16(19-13-15-5-4-12-21-15)18-9-6-14-7-10-20(2)11-8-14;/h4-5,12,14H,3,6-11,13H2,1-2H3,(H2,17,18,19);1H. The lowest BCUT2D eigenvalue weighted by Crippen LogP contribution is -2.39. The van der Waals surface area contributed by atoms with Gasteiger partial charge in [-0.05, 0) is 63.7 Å². The van der Waals surface area contributed by atoms with Crippen LogP contribution in [-0.2, 0) is 6.54 Å². The quantitative estimate of drug-likeness (QED) is 0.409. The molecular formula is C16H29IN4S. The molecule has 4 nitrogen and oxygen atoms in total. The molecule has 126 valence electrons. The second-order valence-corrected chi connectivity index (χ2v) is 6.77. The number of hydrogen-bond donors (Lipinski definition) is 2. The molecule has 1 fully saturated rings. The average Bonchev–Trinajstić information content (AvgIpc) is 3.00. The maximum Gasteiger partial charge on any atom is 0.191 e. The van der Waals surface area contributed by atoms with Gasteiger partial charge >= 0.3 is 0 Å². The van der Waals surface area contributed by atoms with Crippen molar-refractivity contribution in [3.63, 3.8) is 0 Å². The highest BCUT2D eigenvalue weighted by Gasteiger charge is 2.16. The van der Waals surface area contributed by atoms with Crippen LogP contribution >= 0.6 is 35.3 Å². The Bertz CT molecular complexity index is 414. The second-order valence-electron chi connectivity index (χ2n) is 5.74. The van der Waals surface area contributed by atoms with Crippen LogP contribution in [0.15, 0.2) is 22.5 Å². The molecule has 2 N–H and O–H groups in total. The Hall–Kier alpha value is -0.340. The first kappa shape index (κ1) is 19.7. The third kappa shape index (κ3) is 7.28. The number of likely N-dealkylation sites (tertiary alicyclic amines) is 1. The normalized spacial score (nSPS) is 17.1. The zero-order valence-electron chi connectivity index (χ0n) is 13.7. The number of aliphatic imine (C=N–C) groups is 1. The maximum atomic E-state index is 4.65. The van der Waals surface area contributed by atoms with Gasteiger partial charge in [0.1, 0.15) is 0 Å². The minimum atomic E-state index is 0. The van der Waals surface area contributed by atoms with Crippen LogP contribution in [0.2, 0.25) is 0 Å². The topological polar surface area (TPSA) is 39.7 Å². The number of nitrogens with one attached hydrogen (secondary N) is 2. The first-order valence-corrected chi connectivity index (χ1v) is 8.89. The van der Waals surface area contributed by atoms with E-state index in [-0.39, 0.29) is 24.0 Å². The molecule has 1 saturated heterocycles. The van der Waals surface area contributed by atoms with E-state index in [0.29, 0.717) is 0 Å². The molecule has 0 bridgehead atoms. The number of thiophene rings is 1. The lowest BCUT2D eigenvalue weighted by Gasteiger charge is -2.29. The van der Waals surface area contributed by atoms with E-state index in [1.807, 2.05) is 0 Å². The Morgan fingerprint density at radius 1 is 1.36 bits per heavy atom. The molecule has 6 heteroatoms. The van der Waals surface area contributed by atoms with Gasteiger partial charge in [-0.25, -0.2) is 4.99 Å². The van der Waals surface area contributed by atoms with E-state index in [2.05, 4.69) is 52.0 Å². The fourth-order valence-corrected chi connectivity index (χ4v) is 3.27. The van der Waals surface area contributed by atoms with Crippen LogP contribution in [0.3, 0.4) is 0 Å². The highest BCUT2D eigenvalue weighted by Crippen LogP contribution is 2.18. The van der Waals surface area contributed by atoms with Crippen LogP contribution in [0.5, 0.6) is 0 Å². The highest BCUT2D eigenvalue weighted by molar-refractivity contribution is 14.0. The summed E-state index contributed by atoms with van der Waals surface area (Å²) < 4.78 is 0. The third-order valence-corrected chi connectivity index (χ3v) is 4.86.